The third-order valence-corrected chi connectivity index (χ3v) is 3.77. The summed E-state index contributed by atoms with van der Waals surface area (Å²) in [7, 11) is 1.74. The zero-order valence-corrected chi connectivity index (χ0v) is 14.1. The second-order valence-corrected chi connectivity index (χ2v) is 5.33. The van der Waals surface area contributed by atoms with E-state index in [1.807, 2.05) is 4.90 Å². The molecule has 0 spiro atoms. The summed E-state index contributed by atoms with van der Waals surface area (Å²) in [5.41, 5.74) is 0. The van der Waals surface area contributed by atoms with Crippen molar-refractivity contribution in [3.63, 3.8) is 0 Å². The van der Waals surface area contributed by atoms with Gasteiger partial charge in [-0.1, -0.05) is 6.92 Å². The summed E-state index contributed by atoms with van der Waals surface area (Å²) in [5, 5.41) is 6.42. The molecule has 1 heterocycles. The van der Waals surface area contributed by atoms with Crippen LogP contribution < -0.4 is 10.6 Å². The fraction of sp³-hybridized carbons (Fsp3) is 0.846. The van der Waals surface area contributed by atoms with Crippen molar-refractivity contribution in [1.29, 1.82) is 0 Å². The van der Waals surface area contributed by atoms with E-state index in [2.05, 4.69) is 22.5 Å². The van der Waals surface area contributed by atoms with Crippen LogP contribution in [0.2, 0.25) is 0 Å². The maximum Gasteiger partial charge on any atom is 0.241 e. The number of halogens is 1. The fourth-order valence-corrected chi connectivity index (χ4v) is 2.31. The van der Waals surface area contributed by atoms with Gasteiger partial charge < -0.3 is 15.5 Å². The highest BCUT2D eigenvalue weighted by atomic mass is 127. The van der Waals surface area contributed by atoms with E-state index in [0.29, 0.717) is 12.6 Å². The van der Waals surface area contributed by atoms with Crippen molar-refractivity contribution in [1.82, 2.24) is 15.5 Å². The van der Waals surface area contributed by atoms with Gasteiger partial charge in [0.15, 0.2) is 5.96 Å². The van der Waals surface area contributed by atoms with Crippen LogP contribution in [-0.2, 0) is 4.79 Å². The highest BCUT2D eigenvalue weighted by molar-refractivity contribution is 14.0. The second-order valence-electron chi connectivity index (χ2n) is 5.33. The first kappa shape index (κ1) is 16.5. The van der Waals surface area contributed by atoms with E-state index in [9.17, 15) is 4.79 Å². The van der Waals surface area contributed by atoms with Crippen molar-refractivity contribution in [3.8, 4) is 0 Å². The summed E-state index contributed by atoms with van der Waals surface area (Å²) in [5.74, 6) is 1.65. The van der Waals surface area contributed by atoms with Crippen LogP contribution in [0, 0.1) is 5.92 Å². The molecule has 1 saturated carbocycles. The maximum absolute atomic E-state index is 12.0. The first-order chi connectivity index (χ1) is 8.70. The van der Waals surface area contributed by atoms with E-state index in [1.165, 1.54) is 12.8 Å². The number of aliphatic imine (C=N–C) groups is 1. The van der Waals surface area contributed by atoms with Crippen LogP contribution in [0.15, 0.2) is 4.99 Å². The second kappa shape index (κ2) is 7.91. The van der Waals surface area contributed by atoms with E-state index in [1.54, 1.807) is 7.05 Å². The number of hydrogen-bond acceptors (Lipinski definition) is 2. The molecular weight excluding hydrogens is 355 g/mol. The van der Waals surface area contributed by atoms with Gasteiger partial charge in [0, 0.05) is 26.2 Å². The molecule has 110 valence electrons. The Balaban J connectivity index is 0.00000180. The zero-order chi connectivity index (χ0) is 13.0. The average Bonchev–Trinajstić information content (AvgIpc) is 3.10. The molecule has 2 fully saturated rings. The minimum absolute atomic E-state index is 0. The molecule has 0 radical (unpaired) electrons. The van der Waals surface area contributed by atoms with E-state index in [4.69, 9.17) is 0 Å². The molecule has 2 atom stereocenters. The number of carbonyl (C=O) groups is 1. The first-order valence-electron chi connectivity index (χ1n) is 6.95. The van der Waals surface area contributed by atoms with Crippen LogP contribution in [0.3, 0.4) is 0 Å². The molecule has 2 N–H and O–H groups in total. The van der Waals surface area contributed by atoms with Crippen molar-refractivity contribution in [2.24, 2.45) is 10.9 Å². The summed E-state index contributed by atoms with van der Waals surface area (Å²) < 4.78 is 0. The topological polar surface area (TPSA) is 56.7 Å². The number of nitrogens with one attached hydrogen (secondary N) is 2. The number of guanidine groups is 1. The molecule has 0 aromatic rings. The number of amides is 1. The van der Waals surface area contributed by atoms with Crippen LogP contribution in [0.5, 0.6) is 0 Å². The number of nitrogens with zero attached hydrogens (tertiary/aromatic N) is 2. The molecular formula is C13H25IN4O. The molecule has 0 aromatic heterocycles. The Morgan fingerprint density at radius 2 is 1.95 bits per heavy atom. The smallest absolute Gasteiger partial charge is 0.241 e. The molecule has 1 aliphatic heterocycles. The van der Waals surface area contributed by atoms with Gasteiger partial charge in [-0.25, -0.2) is 0 Å². The molecule has 0 aromatic carbocycles. The molecule has 2 unspecified atom stereocenters. The quantitative estimate of drug-likeness (QED) is 0.440. The lowest BCUT2D eigenvalue weighted by molar-refractivity contribution is -0.130. The number of carbonyl (C=O) groups excluding carboxylic acids is 1. The van der Waals surface area contributed by atoms with Crippen LogP contribution in [0.1, 0.15) is 32.6 Å². The Bertz CT molecular complexity index is 329. The third kappa shape index (κ3) is 5.16. The minimum Gasteiger partial charge on any atom is -0.353 e. The monoisotopic (exact) mass is 380 g/mol. The van der Waals surface area contributed by atoms with Crippen molar-refractivity contribution >= 4 is 35.8 Å². The summed E-state index contributed by atoms with van der Waals surface area (Å²) in [6, 6.07) is 0.529. The Morgan fingerprint density at radius 3 is 2.47 bits per heavy atom. The standard InChI is InChI=1S/C13H24N4O.HI/c1-10-8-11(10)16-13(14-2)15-9-12(18)17-6-4-3-5-7-17;/h10-11H,3-9H2,1-2H3,(H2,14,15,16);1H. The molecule has 2 rings (SSSR count). The first-order valence-corrected chi connectivity index (χ1v) is 6.95. The van der Waals surface area contributed by atoms with Gasteiger partial charge in [0.2, 0.25) is 5.91 Å². The Morgan fingerprint density at radius 1 is 1.32 bits per heavy atom. The SMILES string of the molecule is CN=C(NCC(=O)N1CCCCC1)NC1CC1C.I. The highest BCUT2D eigenvalue weighted by Gasteiger charge is 2.33. The van der Waals surface area contributed by atoms with Gasteiger partial charge in [0.1, 0.15) is 0 Å². The number of hydrogen-bond donors (Lipinski definition) is 2. The molecule has 2 aliphatic rings. The van der Waals surface area contributed by atoms with Crippen molar-refractivity contribution in [2.75, 3.05) is 26.7 Å². The average molecular weight is 380 g/mol. The van der Waals surface area contributed by atoms with Gasteiger partial charge in [0.05, 0.1) is 6.54 Å². The third-order valence-electron chi connectivity index (χ3n) is 3.77. The zero-order valence-electron chi connectivity index (χ0n) is 11.8. The van der Waals surface area contributed by atoms with Gasteiger partial charge in [-0.05, 0) is 31.6 Å². The fourth-order valence-electron chi connectivity index (χ4n) is 2.31. The van der Waals surface area contributed by atoms with Crippen molar-refractivity contribution in [3.05, 3.63) is 0 Å². The number of piperidine rings is 1. The maximum atomic E-state index is 12.0. The Hall–Kier alpha value is -0.530. The molecule has 6 heteroatoms. The van der Waals surface area contributed by atoms with Gasteiger partial charge in [-0.15, -0.1) is 24.0 Å². The lowest BCUT2D eigenvalue weighted by atomic mass is 10.1. The van der Waals surface area contributed by atoms with Gasteiger partial charge >= 0.3 is 0 Å². The highest BCUT2D eigenvalue weighted by Crippen LogP contribution is 2.28. The molecule has 5 nitrogen and oxygen atoms in total. The van der Waals surface area contributed by atoms with Crippen LogP contribution in [0.4, 0.5) is 0 Å². The largest absolute Gasteiger partial charge is 0.353 e. The molecule has 1 amide bonds. The van der Waals surface area contributed by atoms with E-state index in [0.717, 1.165) is 37.8 Å². The van der Waals surface area contributed by atoms with Crippen LogP contribution >= 0.6 is 24.0 Å². The predicted molar refractivity (Wildman–Crippen MR) is 87.9 cm³/mol. The molecule has 1 aliphatic carbocycles. The lowest BCUT2D eigenvalue weighted by Crippen LogP contribution is -2.46. The predicted octanol–water partition coefficient (Wildman–Crippen LogP) is 1.19. The molecule has 19 heavy (non-hydrogen) atoms. The Labute approximate surface area is 132 Å². The Kier molecular flexibility index (Phi) is 6.88. The number of likely N-dealkylation sites (tertiary alicyclic amines) is 1. The number of rotatable bonds is 3. The van der Waals surface area contributed by atoms with Gasteiger partial charge in [-0.3, -0.25) is 9.79 Å². The van der Waals surface area contributed by atoms with Crippen LogP contribution in [0.25, 0.3) is 0 Å². The molecule has 1 saturated heterocycles. The van der Waals surface area contributed by atoms with Gasteiger partial charge in [-0.2, -0.15) is 0 Å². The summed E-state index contributed by atoms with van der Waals surface area (Å²) in [6.07, 6.45) is 4.72. The van der Waals surface area contributed by atoms with Crippen molar-refractivity contribution in [2.45, 2.75) is 38.6 Å². The summed E-state index contributed by atoms with van der Waals surface area (Å²) in [6.45, 7) is 4.38. The van der Waals surface area contributed by atoms with Crippen molar-refractivity contribution < 1.29 is 4.79 Å². The van der Waals surface area contributed by atoms with Crippen LogP contribution in [-0.4, -0.2) is 49.5 Å². The van der Waals surface area contributed by atoms with E-state index in [-0.39, 0.29) is 29.9 Å². The lowest BCUT2D eigenvalue weighted by Gasteiger charge is -2.27. The van der Waals surface area contributed by atoms with Gasteiger partial charge in [0.25, 0.3) is 0 Å². The van der Waals surface area contributed by atoms with E-state index >= 15 is 0 Å². The summed E-state index contributed by atoms with van der Waals surface area (Å²) in [4.78, 5) is 18.1. The summed E-state index contributed by atoms with van der Waals surface area (Å²) >= 11 is 0. The minimum atomic E-state index is 0. The molecule has 0 bridgehead atoms. The van der Waals surface area contributed by atoms with E-state index < -0.39 is 0 Å². The normalized spacial score (nSPS) is 26.4.